The molecule has 1 fully saturated rings. The van der Waals surface area contributed by atoms with Gasteiger partial charge in [-0.2, -0.15) is 0 Å². The van der Waals surface area contributed by atoms with Crippen LogP contribution in [0, 0.1) is 0 Å². The van der Waals surface area contributed by atoms with Crippen molar-refractivity contribution >= 4 is 11.3 Å². The van der Waals surface area contributed by atoms with Gasteiger partial charge in [0.05, 0.1) is 10.7 Å². The first-order chi connectivity index (χ1) is 7.70. The fourth-order valence-corrected chi connectivity index (χ4v) is 2.96. The summed E-state index contributed by atoms with van der Waals surface area (Å²) in [6.07, 6.45) is 3.77. The highest BCUT2D eigenvalue weighted by atomic mass is 32.1. The second-order valence-corrected chi connectivity index (χ2v) is 5.94. The third-order valence-electron chi connectivity index (χ3n) is 2.85. The molecule has 0 aliphatic heterocycles. The second kappa shape index (κ2) is 5.25. The molecule has 0 spiro atoms. The van der Waals surface area contributed by atoms with Crippen LogP contribution in [-0.2, 0) is 13.0 Å². The molecule has 0 amide bonds. The van der Waals surface area contributed by atoms with Crippen molar-refractivity contribution in [2.45, 2.75) is 31.7 Å². The molecule has 1 aliphatic carbocycles. The van der Waals surface area contributed by atoms with Crippen molar-refractivity contribution in [2.75, 3.05) is 27.7 Å². The highest BCUT2D eigenvalue weighted by molar-refractivity contribution is 7.11. The number of likely N-dealkylation sites (N-methyl/N-ethyl adjacent to an activating group) is 1. The minimum atomic E-state index is 0.771. The number of hydrogen-bond donors (Lipinski definition) is 1. The summed E-state index contributed by atoms with van der Waals surface area (Å²) in [5.41, 5.74) is 1.38. The lowest BCUT2D eigenvalue weighted by Crippen LogP contribution is -2.14. The zero-order chi connectivity index (χ0) is 11.5. The van der Waals surface area contributed by atoms with Crippen molar-refractivity contribution in [2.24, 2.45) is 0 Å². The molecular weight excluding hydrogens is 218 g/mol. The number of rotatable bonds is 6. The summed E-state index contributed by atoms with van der Waals surface area (Å²) in [4.78, 5) is 8.49. The SMILES string of the molecule is CNCc1sc(CCN(C)C)nc1C1CC1. The van der Waals surface area contributed by atoms with E-state index in [2.05, 4.69) is 24.3 Å². The monoisotopic (exact) mass is 239 g/mol. The largest absolute Gasteiger partial charge is 0.315 e. The standard InChI is InChI=1S/C12H21N3S/c1-13-8-10-12(9-4-5-9)14-11(16-10)6-7-15(2)3/h9,13H,4-8H2,1-3H3. The van der Waals surface area contributed by atoms with Gasteiger partial charge in [0.2, 0.25) is 0 Å². The Hall–Kier alpha value is -0.450. The van der Waals surface area contributed by atoms with Crippen molar-refractivity contribution in [3.05, 3.63) is 15.6 Å². The van der Waals surface area contributed by atoms with E-state index in [1.807, 2.05) is 18.4 Å². The van der Waals surface area contributed by atoms with Crippen molar-refractivity contribution in [1.82, 2.24) is 15.2 Å². The van der Waals surface area contributed by atoms with Gasteiger partial charge in [0.25, 0.3) is 0 Å². The average molecular weight is 239 g/mol. The smallest absolute Gasteiger partial charge is 0.0944 e. The zero-order valence-electron chi connectivity index (χ0n) is 10.4. The Labute approximate surface area is 102 Å². The van der Waals surface area contributed by atoms with Gasteiger partial charge in [0.15, 0.2) is 0 Å². The van der Waals surface area contributed by atoms with Crippen LogP contribution in [0.25, 0.3) is 0 Å². The molecule has 3 nitrogen and oxygen atoms in total. The minimum Gasteiger partial charge on any atom is -0.315 e. The number of aromatic nitrogens is 1. The highest BCUT2D eigenvalue weighted by Crippen LogP contribution is 2.42. The van der Waals surface area contributed by atoms with E-state index in [1.165, 1.54) is 28.4 Å². The van der Waals surface area contributed by atoms with Crippen LogP contribution in [0.5, 0.6) is 0 Å². The van der Waals surface area contributed by atoms with Crippen LogP contribution in [0.2, 0.25) is 0 Å². The lowest BCUT2D eigenvalue weighted by atomic mass is 10.2. The van der Waals surface area contributed by atoms with Crippen molar-refractivity contribution in [1.29, 1.82) is 0 Å². The molecule has 0 saturated heterocycles. The molecular formula is C12H21N3S. The van der Waals surface area contributed by atoms with Gasteiger partial charge in [-0.1, -0.05) is 0 Å². The van der Waals surface area contributed by atoms with Gasteiger partial charge in [-0.15, -0.1) is 11.3 Å². The summed E-state index contributed by atoms with van der Waals surface area (Å²) in [5, 5.41) is 4.55. The number of nitrogens with zero attached hydrogens (tertiary/aromatic N) is 2. The predicted octanol–water partition coefficient (Wildman–Crippen LogP) is 1.84. The van der Waals surface area contributed by atoms with Gasteiger partial charge in [-0.05, 0) is 34.0 Å². The highest BCUT2D eigenvalue weighted by Gasteiger charge is 2.29. The van der Waals surface area contributed by atoms with E-state index in [9.17, 15) is 0 Å². The number of hydrogen-bond acceptors (Lipinski definition) is 4. The normalized spacial score (nSPS) is 16.0. The van der Waals surface area contributed by atoms with Gasteiger partial charge in [-0.25, -0.2) is 4.98 Å². The fraction of sp³-hybridized carbons (Fsp3) is 0.750. The van der Waals surface area contributed by atoms with Crippen LogP contribution in [0.1, 0.15) is 34.3 Å². The van der Waals surface area contributed by atoms with Crippen LogP contribution < -0.4 is 5.32 Å². The third kappa shape index (κ3) is 3.03. The Morgan fingerprint density at radius 3 is 2.75 bits per heavy atom. The maximum absolute atomic E-state index is 4.81. The summed E-state index contributed by atoms with van der Waals surface area (Å²) < 4.78 is 0. The number of nitrogens with one attached hydrogen (secondary N) is 1. The lowest BCUT2D eigenvalue weighted by Gasteiger charge is -2.06. The van der Waals surface area contributed by atoms with E-state index in [1.54, 1.807) is 0 Å². The van der Waals surface area contributed by atoms with Crippen LogP contribution in [0.15, 0.2) is 0 Å². The predicted molar refractivity (Wildman–Crippen MR) is 69.1 cm³/mol. The molecule has 0 atom stereocenters. The van der Waals surface area contributed by atoms with Crippen molar-refractivity contribution in [3.63, 3.8) is 0 Å². The first-order valence-corrected chi connectivity index (χ1v) is 6.80. The Morgan fingerprint density at radius 2 is 2.19 bits per heavy atom. The molecule has 0 aromatic carbocycles. The molecule has 1 aliphatic rings. The molecule has 90 valence electrons. The minimum absolute atomic E-state index is 0.771. The molecule has 0 bridgehead atoms. The Balaban J connectivity index is 2.05. The van der Waals surface area contributed by atoms with E-state index in [4.69, 9.17) is 4.98 Å². The third-order valence-corrected chi connectivity index (χ3v) is 3.98. The molecule has 1 saturated carbocycles. The summed E-state index contributed by atoms with van der Waals surface area (Å²) in [7, 11) is 6.24. The van der Waals surface area contributed by atoms with Gasteiger partial charge >= 0.3 is 0 Å². The Bertz CT molecular complexity index is 342. The molecule has 1 N–H and O–H groups in total. The summed E-state index contributed by atoms with van der Waals surface area (Å²) in [5.74, 6) is 0.771. The molecule has 4 heteroatoms. The van der Waals surface area contributed by atoms with E-state index in [0.29, 0.717) is 0 Å². The first-order valence-electron chi connectivity index (χ1n) is 5.98. The number of thiazole rings is 1. The first kappa shape index (κ1) is 12.0. The molecule has 16 heavy (non-hydrogen) atoms. The van der Waals surface area contributed by atoms with E-state index in [0.717, 1.165) is 25.4 Å². The van der Waals surface area contributed by atoms with Gasteiger partial charge in [0, 0.05) is 30.3 Å². The van der Waals surface area contributed by atoms with Crippen LogP contribution in [0.4, 0.5) is 0 Å². The summed E-state index contributed by atoms with van der Waals surface area (Å²) in [6, 6.07) is 0. The second-order valence-electron chi connectivity index (χ2n) is 4.77. The van der Waals surface area contributed by atoms with E-state index >= 15 is 0 Å². The van der Waals surface area contributed by atoms with Crippen molar-refractivity contribution in [3.8, 4) is 0 Å². The van der Waals surface area contributed by atoms with E-state index < -0.39 is 0 Å². The molecule has 1 aromatic heterocycles. The van der Waals surface area contributed by atoms with Crippen LogP contribution >= 0.6 is 11.3 Å². The summed E-state index contributed by atoms with van der Waals surface area (Å²) in [6.45, 7) is 2.07. The molecule has 1 aromatic rings. The van der Waals surface area contributed by atoms with Gasteiger partial charge in [0.1, 0.15) is 0 Å². The fourth-order valence-electron chi connectivity index (χ4n) is 1.80. The maximum atomic E-state index is 4.81. The molecule has 0 unspecified atom stereocenters. The Kier molecular flexibility index (Phi) is 3.95. The zero-order valence-corrected chi connectivity index (χ0v) is 11.2. The van der Waals surface area contributed by atoms with Crippen LogP contribution in [-0.4, -0.2) is 37.6 Å². The average Bonchev–Trinajstić information content (AvgIpc) is 2.99. The maximum Gasteiger partial charge on any atom is 0.0944 e. The quantitative estimate of drug-likeness (QED) is 0.821. The molecule has 1 heterocycles. The topological polar surface area (TPSA) is 28.2 Å². The van der Waals surface area contributed by atoms with Gasteiger partial charge < -0.3 is 10.2 Å². The van der Waals surface area contributed by atoms with E-state index in [-0.39, 0.29) is 0 Å². The summed E-state index contributed by atoms with van der Waals surface area (Å²) >= 11 is 1.89. The molecule has 0 radical (unpaired) electrons. The van der Waals surface area contributed by atoms with Crippen molar-refractivity contribution < 1.29 is 0 Å². The van der Waals surface area contributed by atoms with Gasteiger partial charge in [-0.3, -0.25) is 0 Å². The Morgan fingerprint density at radius 1 is 1.44 bits per heavy atom. The molecule has 2 rings (SSSR count). The lowest BCUT2D eigenvalue weighted by molar-refractivity contribution is 0.413. The van der Waals surface area contributed by atoms with Crippen LogP contribution in [0.3, 0.4) is 0 Å².